The van der Waals surface area contributed by atoms with Crippen molar-refractivity contribution in [3.05, 3.63) is 64.7 Å². The maximum Gasteiger partial charge on any atom is 0.337 e. The molecule has 3 N–H and O–H groups in total. The van der Waals surface area contributed by atoms with Gasteiger partial charge in [-0.05, 0) is 49.7 Å². The van der Waals surface area contributed by atoms with Crippen LogP contribution in [0.4, 0.5) is 5.69 Å². The highest BCUT2D eigenvalue weighted by Gasteiger charge is 2.10. The minimum atomic E-state index is -0.485. The highest BCUT2D eigenvalue weighted by molar-refractivity contribution is 5.97. The normalized spacial score (nSPS) is 9.96. The molecule has 0 aliphatic rings. The quantitative estimate of drug-likeness (QED) is 0.563. The van der Waals surface area contributed by atoms with E-state index in [1.165, 1.54) is 31.4 Å². The van der Waals surface area contributed by atoms with E-state index in [-0.39, 0.29) is 12.5 Å². The van der Waals surface area contributed by atoms with Crippen LogP contribution in [-0.4, -0.2) is 31.4 Å². The van der Waals surface area contributed by atoms with Gasteiger partial charge in [0.15, 0.2) is 0 Å². The standard InChI is InChI=1S/C19H21N3O4/c1-12-4-9-16(13(2)10-12)20-11-17(23)21-22-18(24)14-5-7-15(8-6-14)19(25)26-3/h4-10,20H,11H2,1-3H3,(H,21,23)(H,22,24). The van der Waals surface area contributed by atoms with E-state index in [0.29, 0.717) is 11.1 Å². The van der Waals surface area contributed by atoms with E-state index in [0.717, 1.165) is 16.8 Å². The summed E-state index contributed by atoms with van der Waals surface area (Å²) >= 11 is 0. The summed E-state index contributed by atoms with van der Waals surface area (Å²) in [6.45, 7) is 3.97. The number of hydrogen-bond donors (Lipinski definition) is 3. The van der Waals surface area contributed by atoms with E-state index < -0.39 is 11.9 Å². The zero-order valence-corrected chi connectivity index (χ0v) is 14.9. The van der Waals surface area contributed by atoms with Gasteiger partial charge in [0.05, 0.1) is 19.2 Å². The Morgan fingerprint density at radius 1 is 0.923 bits per heavy atom. The number of hydrogen-bond acceptors (Lipinski definition) is 5. The first kappa shape index (κ1) is 19.0. The number of carbonyl (C=O) groups is 3. The number of carbonyl (C=O) groups excluding carboxylic acids is 3. The summed E-state index contributed by atoms with van der Waals surface area (Å²) in [6, 6.07) is 11.8. The number of esters is 1. The topological polar surface area (TPSA) is 96.5 Å². The second-order valence-corrected chi connectivity index (χ2v) is 5.74. The molecule has 2 rings (SSSR count). The number of methoxy groups -OCH3 is 1. The molecule has 0 atom stereocenters. The summed E-state index contributed by atoms with van der Waals surface area (Å²) in [5.74, 6) is -1.35. The summed E-state index contributed by atoms with van der Waals surface area (Å²) in [4.78, 5) is 35.2. The van der Waals surface area contributed by atoms with Crippen LogP contribution in [0.3, 0.4) is 0 Å². The molecule has 0 spiro atoms. The molecule has 0 unspecified atom stereocenters. The van der Waals surface area contributed by atoms with E-state index in [1.54, 1.807) is 0 Å². The van der Waals surface area contributed by atoms with Crippen molar-refractivity contribution in [3.63, 3.8) is 0 Å². The van der Waals surface area contributed by atoms with Gasteiger partial charge in [-0.2, -0.15) is 0 Å². The van der Waals surface area contributed by atoms with Crippen LogP contribution in [0.2, 0.25) is 0 Å². The van der Waals surface area contributed by atoms with Gasteiger partial charge in [0.2, 0.25) is 0 Å². The maximum absolute atomic E-state index is 12.0. The summed E-state index contributed by atoms with van der Waals surface area (Å²) in [7, 11) is 1.28. The molecular formula is C19H21N3O4. The highest BCUT2D eigenvalue weighted by atomic mass is 16.5. The molecule has 0 radical (unpaired) electrons. The van der Waals surface area contributed by atoms with Gasteiger partial charge in [-0.15, -0.1) is 0 Å². The summed E-state index contributed by atoms with van der Waals surface area (Å²) in [5, 5.41) is 3.02. The average molecular weight is 355 g/mol. The summed E-state index contributed by atoms with van der Waals surface area (Å²) in [5.41, 5.74) is 8.34. The number of amides is 2. The van der Waals surface area contributed by atoms with Crippen LogP contribution in [0.1, 0.15) is 31.8 Å². The van der Waals surface area contributed by atoms with E-state index in [2.05, 4.69) is 20.9 Å². The van der Waals surface area contributed by atoms with Crippen molar-refractivity contribution in [1.29, 1.82) is 0 Å². The lowest BCUT2D eigenvalue weighted by molar-refractivity contribution is -0.120. The molecule has 2 aromatic rings. The van der Waals surface area contributed by atoms with Crippen LogP contribution in [0.25, 0.3) is 0 Å². The summed E-state index contributed by atoms with van der Waals surface area (Å²) < 4.78 is 4.59. The van der Waals surface area contributed by atoms with Crippen molar-refractivity contribution in [2.24, 2.45) is 0 Å². The third-order valence-corrected chi connectivity index (χ3v) is 3.70. The van der Waals surface area contributed by atoms with Gasteiger partial charge < -0.3 is 10.1 Å². The van der Waals surface area contributed by atoms with E-state index >= 15 is 0 Å². The molecule has 0 heterocycles. The fourth-order valence-electron chi connectivity index (χ4n) is 2.31. The molecule has 2 aromatic carbocycles. The molecule has 0 aliphatic carbocycles. The Morgan fingerprint density at radius 2 is 1.58 bits per heavy atom. The number of nitrogens with one attached hydrogen (secondary N) is 3. The van der Waals surface area contributed by atoms with E-state index in [4.69, 9.17) is 0 Å². The Kier molecular flexibility index (Phi) is 6.32. The second-order valence-electron chi connectivity index (χ2n) is 5.74. The van der Waals surface area contributed by atoms with Crippen molar-refractivity contribution in [1.82, 2.24) is 10.9 Å². The van der Waals surface area contributed by atoms with Crippen molar-refractivity contribution < 1.29 is 19.1 Å². The third-order valence-electron chi connectivity index (χ3n) is 3.70. The van der Waals surface area contributed by atoms with Crippen LogP contribution < -0.4 is 16.2 Å². The molecule has 0 saturated heterocycles. The molecule has 0 aliphatic heterocycles. The zero-order chi connectivity index (χ0) is 19.1. The minimum absolute atomic E-state index is 0.0193. The lowest BCUT2D eigenvalue weighted by atomic mass is 10.1. The van der Waals surface area contributed by atoms with Gasteiger partial charge in [0.25, 0.3) is 11.8 Å². The molecule has 0 fully saturated rings. The molecule has 26 heavy (non-hydrogen) atoms. The van der Waals surface area contributed by atoms with Gasteiger partial charge in [0, 0.05) is 11.3 Å². The fourth-order valence-corrected chi connectivity index (χ4v) is 2.31. The van der Waals surface area contributed by atoms with Gasteiger partial charge in [-0.25, -0.2) is 4.79 Å². The molecule has 0 bridgehead atoms. The Morgan fingerprint density at radius 3 is 2.19 bits per heavy atom. The number of aryl methyl sites for hydroxylation is 2. The number of benzene rings is 2. The van der Waals surface area contributed by atoms with Crippen LogP contribution in [0.5, 0.6) is 0 Å². The number of rotatable bonds is 5. The average Bonchev–Trinajstić information content (AvgIpc) is 2.64. The SMILES string of the molecule is COC(=O)c1ccc(C(=O)NNC(=O)CNc2ccc(C)cc2C)cc1. The molecular weight excluding hydrogens is 334 g/mol. The third kappa shape index (κ3) is 5.07. The van der Waals surface area contributed by atoms with Gasteiger partial charge in [-0.3, -0.25) is 20.4 Å². The van der Waals surface area contributed by atoms with Gasteiger partial charge in [-0.1, -0.05) is 17.7 Å². The predicted octanol–water partition coefficient (Wildman–Crippen LogP) is 1.96. The van der Waals surface area contributed by atoms with E-state index in [1.807, 2.05) is 32.0 Å². The first-order valence-corrected chi connectivity index (χ1v) is 7.99. The second kappa shape index (κ2) is 8.66. The predicted molar refractivity (Wildman–Crippen MR) is 97.8 cm³/mol. The van der Waals surface area contributed by atoms with Crippen LogP contribution >= 0.6 is 0 Å². The molecule has 7 nitrogen and oxygen atoms in total. The van der Waals surface area contributed by atoms with Crippen molar-refractivity contribution in [3.8, 4) is 0 Å². The molecule has 136 valence electrons. The Bertz CT molecular complexity index is 816. The lowest BCUT2D eigenvalue weighted by Crippen LogP contribution is -2.44. The first-order valence-electron chi connectivity index (χ1n) is 7.99. The van der Waals surface area contributed by atoms with Gasteiger partial charge in [0.1, 0.15) is 0 Å². The monoisotopic (exact) mass is 355 g/mol. The Hall–Kier alpha value is -3.35. The fraction of sp³-hybridized carbons (Fsp3) is 0.211. The molecule has 7 heteroatoms. The maximum atomic E-state index is 12.0. The highest BCUT2D eigenvalue weighted by Crippen LogP contribution is 2.15. The molecule has 0 saturated carbocycles. The van der Waals surface area contributed by atoms with Crippen molar-refractivity contribution >= 4 is 23.5 Å². The Labute approximate surface area is 151 Å². The smallest absolute Gasteiger partial charge is 0.337 e. The first-order chi connectivity index (χ1) is 12.4. The zero-order valence-electron chi connectivity index (χ0n) is 14.9. The lowest BCUT2D eigenvalue weighted by Gasteiger charge is -2.11. The minimum Gasteiger partial charge on any atom is -0.465 e. The number of ether oxygens (including phenoxy) is 1. The van der Waals surface area contributed by atoms with Crippen molar-refractivity contribution in [2.45, 2.75) is 13.8 Å². The van der Waals surface area contributed by atoms with Crippen molar-refractivity contribution in [2.75, 3.05) is 19.0 Å². The van der Waals surface area contributed by atoms with Gasteiger partial charge >= 0.3 is 5.97 Å². The van der Waals surface area contributed by atoms with Crippen LogP contribution in [0.15, 0.2) is 42.5 Å². The summed E-state index contributed by atoms with van der Waals surface area (Å²) in [6.07, 6.45) is 0. The Balaban J connectivity index is 1.82. The largest absolute Gasteiger partial charge is 0.465 e. The number of hydrazine groups is 1. The van der Waals surface area contributed by atoms with Crippen LogP contribution in [0, 0.1) is 13.8 Å². The number of anilines is 1. The van der Waals surface area contributed by atoms with E-state index in [9.17, 15) is 14.4 Å². The molecule has 0 aromatic heterocycles. The molecule has 2 amide bonds. The van der Waals surface area contributed by atoms with Crippen LogP contribution in [-0.2, 0) is 9.53 Å².